The summed E-state index contributed by atoms with van der Waals surface area (Å²) < 4.78 is 34.3. The number of esters is 2. The standard InChI is InChI=1S/C12H29IO4Si3.C11H26O4Si3/c1-7-11(13)12(14)15-9-8-10-18-16-20(5,6)17-19(2,3)4;1-7-11(12)13-9-8-10-16-14-18(5,6)15-17(2,3)4/h11H,7-10,18H2,1-6H3;7H,1,8-10,16H2,2-6H3. The van der Waals surface area contributed by atoms with E-state index in [1.165, 1.54) is 6.08 Å². The minimum Gasteiger partial charge on any atom is -0.465 e. The first kappa shape index (κ1) is 40.7. The Balaban J connectivity index is 0. The number of rotatable bonds is 19. The minimum atomic E-state index is -1.93. The molecule has 0 radical (unpaired) electrons. The zero-order valence-electron chi connectivity index (χ0n) is 25.9. The third kappa shape index (κ3) is 28.1. The van der Waals surface area contributed by atoms with Crippen molar-refractivity contribution >= 4 is 87.8 Å². The number of carbonyl (C=O) groups excluding carboxylic acids is 2. The highest BCUT2D eigenvalue weighted by molar-refractivity contribution is 14.1. The summed E-state index contributed by atoms with van der Waals surface area (Å²) in [5.41, 5.74) is 0. The van der Waals surface area contributed by atoms with Crippen molar-refractivity contribution in [3.05, 3.63) is 12.7 Å². The van der Waals surface area contributed by atoms with Crippen LogP contribution in [0.5, 0.6) is 0 Å². The van der Waals surface area contributed by atoms with Gasteiger partial charge in [-0.05, 0) is 96.8 Å². The van der Waals surface area contributed by atoms with Crippen LogP contribution in [-0.2, 0) is 35.5 Å². The van der Waals surface area contributed by atoms with Gasteiger partial charge in [-0.15, -0.1) is 0 Å². The monoisotopic (exact) mass is 754 g/mol. The predicted octanol–water partition coefficient (Wildman–Crippen LogP) is 5.38. The molecule has 226 valence electrons. The van der Waals surface area contributed by atoms with Crippen LogP contribution in [0.25, 0.3) is 0 Å². The summed E-state index contributed by atoms with van der Waals surface area (Å²) in [6.45, 7) is 27.9. The van der Waals surface area contributed by atoms with E-state index in [9.17, 15) is 9.59 Å². The molecule has 0 aliphatic heterocycles. The van der Waals surface area contributed by atoms with Crippen LogP contribution in [0.1, 0.15) is 26.2 Å². The molecule has 0 heterocycles. The van der Waals surface area contributed by atoms with Crippen molar-refractivity contribution < 1.29 is 35.5 Å². The third-order valence-electron chi connectivity index (χ3n) is 4.35. The molecule has 0 spiro atoms. The van der Waals surface area contributed by atoms with Gasteiger partial charge in [0, 0.05) is 6.08 Å². The van der Waals surface area contributed by atoms with Gasteiger partial charge in [0.05, 0.1) is 13.2 Å². The molecule has 38 heavy (non-hydrogen) atoms. The lowest BCUT2D eigenvalue weighted by atomic mass is 10.3. The molecule has 0 aliphatic carbocycles. The van der Waals surface area contributed by atoms with Gasteiger partial charge in [0.15, 0.2) is 16.6 Å². The Morgan fingerprint density at radius 3 is 1.53 bits per heavy atom. The van der Waals surface area contributed by atoms with E-state index in [2.05, 4.69) is 94.6 Å². The maximum atomic E-state index is 11.5. The van der Waals surface area contributed by atoms with Crippen LogP contribution in [0, 0.1) is 0 Å². The van der Waals surface area contributed by atoms with E-state index in [1.54, 1.807) is 0 Å². The first-order chi connectivity index (χ1) is 17.2. The summed E-state index contributed by atoms with van der Waals surface area (Å²) in [4.78, 5) is 22.3. The lowest BCUT2D eigenvalue weighted by Gasteiger charge is -2.31. The van der Waals surface area contributed by atoms with Crippen LogP contribution in [0.4, 0.5) is 0 Å². The van der Waals surface area contributed by atoms with Crippen molar-refractivity contribution in [2.75, 3.05) is 13.2 Å². The second kappa shape index (κ2) is 20.4. The lowest BCUT2D eigenvalue weighted by Crippen LogP contribution is -2.45. The van der Waals surface area contributed by atoms with Gasteiger partial charge in [0.25, 0.3) is 0 Å². The Kier molecular flexibility index (Phi) is 21.9. The molecule has 0 aliphatic rings. The van der Waals surface area contributed by atoms with Crippen molar-refractivity contribution in [2.24, 2.45) is 0 Å². The van der Waals surface area contributed by atoms with E-state index in [0.29, 0.717) is 13.2 Å². The Hall–Kier alpha value is 0.551. The van der Waals surface area contributed by atoms with Crippen molar-refractivity contribution in [3.63, 3.8) is 0 Å². The van der Waals surface area contributed by atoms with Crippen LogP contribution in [0.3, 0.4) is 0 Å². The SMILES string of the molecule is C=CC(=O)OCCC[SiH2]O[Si](C)(C)O[Si](C)(C)C.CCC(I)C(=O)OCCC[SiH2]O[Si](C)(C)O[Si](C)(C)C. The smallest absolute Gasteiger partial charge is 0.330 e. The fraction of sp³-hybridized carbons (Fsp3) is 0.826. The maximum absolute atomic E-state index is 11.5. The van der Waals surface area contributed by atoms with E-state index in [4.69, 9.17) is 25.9 Å². The molecule has 0 bridgehead atoms. The molecule has 1 unspecified atom stereocenters. The Morgan fingerprint density at radius 2 is 1.18 bits per heavy atom. The van der Waals surface area contributed by atoms with Crippen LogP contribution >= 0.6 is 22.6 Å². The number of alkyl halides is 1. The van der Waals surface area contributed by atoms with Gasteiger partial charge < -0.3 is 25.9 Å². The second-order valence-electron chi connectivity index (χ2n) is 11.8. The summed E-state index contributed by atoms with van der Waals surface area (Å²) in [5.74, 6) is -0.443. The van der Waals surface area contributed by atoms with E-state index < -0.39 is 53.3 Å². The van der Waals surface area contributed by atoms with E-state index >= 15 is 0 Å². The highest BCUT2D eigenvalue weighted by Crippen LogP contribution is 2.16. The van der Waals surface area contributed by atoms with Crippen molar-refractivity contribution in [1.29, 1.82) is 0 Å². The molecule has 1 atom stereocenters. The number of hydrogen-bond donors (Lipinski definition) is 0. The highest BCUT2D eigenvalue weighted by Gasteiger charge is 2.31. The highest BCUT2D eigenvalue weighted by atomic mass is 127. The van der Waals surface area contributed by atoms with Gasteiger partial charge >= 0.3 is 29.1 Å². The summed E-state index contributed by atoms with van der Waals surface area (Å²) in [5, 5.41) is 0. The first-order valence-electron chi connectivity index (χ1n) is 13.5. The fourth-order valence-corrected chi connectivity index (χ4v) is 22.7. The van der Waals surface area contributed by atoms with E-state index in [1.807, 2.05) is 6.92 Å². The molecule has 0 aromatic rings. The molecular weight excluding hydrogens is 700 g/mol. The van der Waals surface area contributed by atoms with Gasteiger partial charge in [0.1, 0.15) is 23.5 Å². The van der Waals surface area contributed by atoms with Crippen molar-refractivity contribution in [2.45, 2.75) is 108 Å². The topological polar surface area (TPSA) is 89.5 Å². The third-order valence-corrected chi connectivity index (χ3v) is 23.3. The molecule has 0 aromatic carbocycles. The van der Waals surface area contributed by atoms with Gasteiger partial charge in [-0.1, -0.05) is 36.1 Å². The summed E-state index contributed by atoms with van der Waals surface area (Å²) in [7, 11) is -8.02. The number of carbonyl (C=O) groups is 2. The first-order valence-corrected chi connectivity index (χ1v) is 30.4. The Bertz CT molecular complexity index is 684. The zero-order valence-corrected chi connectivity index (χ0v) is 34.9. The number of halogens is 1. The summed E-state index contributed by atoms with van der Waals surface area (Å²) in [6.07, 6.45) is 3.78. The summed E-state index contributed by atoms with van der Waals surface area (Å²) in [6, 6.07) is 2.05. The quantitative estimate of drug-likeness (QED) is 0.0434. The van der Waals surface area contributed by atoms with Crippen LogP contribution in [-0.4, -0.2) is 82.4 Å². The molecule has 0 N–H and O–H groups in total. The number of hydrogen-bond acceptors (Lipinski definition) is 8. The zero-order chi connectivity index (χ0) is 30.0. The Labute approximate surface area is 255 Å². The molecule has 0 aromatic heterocycles. The minimum absolute atomic E-state index is 0.0161. The second-order valence-corrected chi connectivity index (χ2v) is 33.5. The Morgan fingerprint density at radius 1 is 0.789 bits per heavy atom. The normalized spacial score (nSPS) is 13.9. The maximum Gasteiger partial charge on any atom is 0.330 e. The fourth-order valence-electron chi connectivity index (χ4n) is 3.24. The molecule has 0 rings (SSSR count). The number of ether oxygens (including phenoxy) is 2. The lowest BCUT2D eigenvalue weighted by molar-refractivity contribution is -0.142. The average molecular weight is 755 g/mol. The molecule has 0 saturated heterocycles. The van der Waals surface area contributed by atoms with Crippen LogP contribution < -0.4 is 0 Å². The molecular formula is C23H55IO8Si6. The van der Waals surface area contributed by atoms with Crippen molar-refractivity contribution in [1.82, 2.24) is 0 Å². The van der Waals surface area contributed by atoms with Crippen LogP contribution in [0.15, 0.2) is 12.7 Å². The van der Waals surface area contributed by atoms with E-state index in [0.717, 1.165) is 31.4 Å². The van der Waals surface area contributed by atoms with E-state index in [-0.39, 0.29) is 15.9 Å². The van der Waals surface area contributed by atoms with Gasteiger partial charge in [-0.2, -0.15) is 0 Å². The van der Waals surface area contributed by atoms with Crippen molar-refractivity contribution in [3.8, 4) is 0 Å². The predicted molar refractivity (Wildman–Crippen MR) is 182 cm³/mol. The summed E-state index contributed by atoms with van der Waals surface area (Å²) >= 11 is 2.13. The molecule has 8 nitrogen and oxygen atoms in total. The average Bonchev–Trinajstić information content (AvgIpc) is 2.74. The molecule has 15 heteroatoms. The van der Waals surface area contributed by atoms with Gasteiger partial charge in [0.2, 0.25) is 0 Å². The molecule has 0 saturated carbocycles. The largest absolute Gasteiger partial charge is 0.465 e. The molecule has 0 fully saturated rings. The molecule has 0 amide bonds. The van der Waals surface area contributed by atoms with Gasteiger partial charge in [-0.25, -0.2) is 4.79 Å². The van der Waals surface area contributed by atoms with Gasteiger partial charge in [-0.3, -0.25) is 4.79 Å². The van der Waals surface area contributed by atoms with Crippen LogP contribution in [0.2, 0.25) is 77.6 Å².